The molecule has 190 valence electrons. The normalized spacial score (nSPS) is 18.0. The Morgan fingerprint density at radius 3 is 2.34 bits per heavy atom. The molecular weight excluding hydrogens is 479 g/mol. The predicted octanol–water partition coefficient (Wildman–Crippen LogP) is 8.75. The van der Waals surface area contributed by atoms with Gasteiger partial charge in [0.2, 0.25) is 0 Å². The summed E-state index contributed by atoms with van der Waals surface area (Å²) in [6.45, 7) is 18.6. The highest BCUT2D eigenvalue weighted by Gasteiger charge is 2.34. The van der Waals surface area contributed by atoms with E-state index in [1.165, 1.54) is 13.0 Å². The van der Waals surface area contributed by atoms with Gasteiger partial charge in [-0.2, -0.15) is 0 Å². The number of benzene rings is 2. The maximum absolute atomic E-state index is 9.04. The van der Waals surface area contributed by atoms with E-state index in [0.717, 1.165) is 35.8 Å². The Labute approximate surface area is 221 Å². The quantitative estimate of drug-likeness (QED) is 0.307. The number of para-hydroxylation sites is 1. The SMILES string of the molecule is C=C.C=C(Nc1cc(Cl)cc(Cl)c1)OC1=CCC2CCN(C)C2C1.C=Cc1ccccc1O.CC. The van der Waals surface area contributed by atoms with Gasteiger partial charge in [-0.15, -0.1) is 13.2 Å². The molecule has 0 saturated carbocycles. The minimum Gasteiger partial charge on any atom is -0.507 e. The molecule has 2 aliphatic rings. The van der Waals surface area contributed by atoms with Crippen molar-refractivity contribution in [3.63, 3.8) is 0 Å². The van der Waals surface area contributed by atoms with E-state index >= 15 is 0 Å². The Morgan fingerprint density at radius 1 is 1.14 bits per heavy atom. The highest BCUT2D eigenvalue weighted by atomic mass is 35.5. The van der Waals surface area contributed by atoms with Crippen molar-refractivity contribution in [3.05, 3.63) is 102 Å². The Balaban J connectivity index is 0.000000394. The summed E-state index contributed by atoms with van der Waals surface area (Å²) in [5.41, 5.74) is 1.55. The first-order chi connectivity index (χ1) is 16.9. The van der Waals surface area contributed by atoms with Crippen molar-refractivity contribution in [3.8, 4) is 5.75 Å². The van der Waals surface area contributed by atoms with Crippen LogP contribution in [0.2, 0.25) is 10.0 Å². The lowest BCUT2D eigenvalue weighted by Gasteiger charge is -2.29. The lowest BCUT2D eigenvalue weighted by atomic mass is 9.89. The van der Waals surface area contributed by atoms with E-state index in [4.69, 9.17) is 33.0 Å². The largest absolute Gasteiger partial charge is 0.507 e. The minimum atomic E-state index is 0.285. The molecular formula is C29H38Cl2N2O2. The van der Waals surface area contributed by atoms with Gasteiger partial charge < -0.3 is 20.1 Å². The third kappa shape index (κ3) is 9.85. The van der Waals surface area contributed by atoms with Gasteiger partial charge in [-0.3, -0.25) is 0 Å². The number of fused-ring (bicyclic) bond motifs is 1. The molecule has 2 unspecified atom stereocenters. The van der Waals surface area contributed by atoms with Gasteiger partial charge in [0.1, 0.15) is 11.5 Å². The molecule has 2 atom stereocenters. The first-order valence-electron chi connectivity index (χ1n) is 11.7. The third-order valence-corrected chi connectivity index (χ3v) is 6.02. The number of likely N-dealkylation sites (tertiary alicyclic amines) is 1. The summed E-state index contributed by atoms with van der Waals surface area (Å²) in [5, 5.41) is 13.3. The maximum Gasteiger partial charge on any atom is 0.190 e. The first kappa shape index (κ1) is 30.4. The molecule has 35 heavy (non-hydrogen) atoms. The molecule has 0 aromatic heterocycles. The number of nitrogens with zero attached hydrogens (tertiary/aromatic N) is 1. The molecule has 2 aromatic carbocycles. The maximum atomic E-state index is 9.04. The van der Waals surface area contributed by atoms with E-state index in [0.29, 0.717) is 22.0 Å². The molecule has 1 aliphatic heterocycles. The van der Waals surface area contributed by atoms with E-state index in [9.17, 15) is 0 Å². The van der Waals surface area contributed by atoms with Crippen LogP contribution in [0.3, 0.4) is 0 Å². The van der Waals surface area contributed by atoms with E-state index in [1.54, 1.807) is 36.4 Å². The third-order valence-electron chi connectivity index (χ3n) is 5.58. The molecule has 2 aromatic rings. The highest BCUT2D eigenvalue weighted by Crippen LogP contribution is 2.35. The number of hydrogen-bond donors (Lipinski definition) is 2. The zero-order chi connectivity index (χ0) is 26.4. The smallest absolute Gasteiger partial charge is 0.190 e. The molecule has 0 radical (unpaired) electrons. The number of phenolic OH excluding ortho intramolecular Hbond substituents is 1. The van der Waals surface area contributed by atoms with Gasteiger partial charge in [0.05, 0.1) is 0 Å². The fraction of sp³-hybridized carbons (Fsp3) is 0.310. The Morgan fingerprint density at radius 2 is 1.77 bits per heavy atom. The van der Waals surface area contributed by atoms with E-state index < -0.39 is 0 Å². The van der Waals surface area contributed by atoms with Crippen LogP contribution in [-0.4, -0.2) is 29.6 Å². The average Bonchev–Trinajstić information content (AvgIpc) is 3.22. The number of halogens is 2. The van der Waals surface area contributed by atoms with Crippen LogP contribution < -0.4 is 5.32 Å². The van der Waals surface area contributed by atoms with Crippen molar-refractivity contribution in [2.24, 2.45) is 5.92 Å². The number of phenols is 1. The van der Waals surface area contributed by atoms with Gasteiger partial charge in [0, 0.05) is 33.8 Å². The number of nitrogens with one attached hydrogen (secondary N) is 1. The summed E-state index contributed by atoms with van der Waals surface area (Å²) < 4.78 is 5.87. The zero-order valence-corrected chi connectivity index (χ0v) is 22.6. The molecule has 2 N–H and O–H groups in total. The van der Waals surface area contributed by atoms with Crippen molar-refractivity contribution in [1.29, 1.82) is 0 Å². The fourth-order valence-electron chi connectivity index (χ4n) is 3.97. The van der Waals surface area contributed by atoms with Crippen LogP contribution >= 0.6 is 23.2 Å². The average molecular weight is 518 g/mol. The summed E-state index contributed by atoms with van der Waals surface area (Å²) >= 11 is 12.0. The van der Waals surface area contributed by atoms with Crippen LogP contribution in [0.15, 0.2) is 86.5 Å². The Hall–Kier alpha value is -2.66. The fourth-order valence-corrected chi connectivity index (χ4v) is 4.50. The van der Waals surface area contributed by atoms with Gasteiger partial charge in [0.15, 0.2) is 5.88 Å². The topological polar surface area (TPSA) is 44.7 Å². The summed E-state index contributed by atoms with van der Waals surface area (Å²) in [6.07, 6.45) is 7.12. The highest BCUT2D eigenvalue weighted by molar-refractivity contribution is 6.35. The van der Waals surface area contributed by atoms with Crippen LogP contribution in [-0.2, 0) is 4.74 Å². The van der Waals surface area contributed by atoms with Crippen LogP contribution in [0.25, 0.3) is 6.08 Å². The second kappa shape index (κ2) is 16.1. The first-order valence-corrected chi connectivity index (χ1v) is 12.5. The summed E-state index contributed by atoms with van der Waals surface area (Å²) in [5.74, 6) is 2.53. The molecule has 6 heteroatoms. The standard InChI is InChI=1S/C17H20Cl2N2O.C8H8O.C2H6.C2H4/c1-11(20-15-8-13(18)7-14(19)9-15)22-16-4-3-12-5-6-21(2)17(12)10-16;1-2-7-5-3-4-6-8(7)9;2*1-2/h4,7-9,12,17,20H,1,3,5-6,10H2,2H3;2-6,9H,1H2;1-2H3;1-2H2. The summed E-state index contributed by atoms with van der Waals surface area (Å²) in [6, 6.07) is 12.9. The van der Waals surface area contributed by atoms with Gasteiger partial charge in [-0.05, 0) is 69.3 Å². The van der Waals surface area contributed by atoms with Crippen molar-refractivity contribution >= 4 is 35.0 Å². The predicted molar refractivity (Wildman–Crippen MR) is 153 cm³/mol. The number of ether oxygens (including phenoxy) is 1. The van der Waals surface area contributed by atoms with Crippen LogP contribution in [0.1, 0.15) is 38.7 Å². The van der Waals surface area contributed by atoms with Crippen LogP contribution in [0, 0.1) is 5.92 Å². The number of allylic oxidation sites excluding steroid dienone is 1. The lowest BCUT2D eigenvalue weighted by Crippen LogP contribution is -2.32. The summed E-state index contributed by atoms with van der Waals surface area (Å²) in [7, 11) is 2.19. The zero-order valence-electron chi connectivity index (χ0n) is 21.1. The molecule has 1 saturated heterocycles. The van der Waals surface area contributed by atoms with Crippen molar-refractivity contribution in [2.75, 3.05) is 18.9 Å². The molecule has 0 spiro atoms. The van der Waals surface area contributed by atoms with Crippen molar-refractivity contribution in [2.45, 2.75) is 39.2 Å². The van der Waals surface area contributed by atoms with Crippen LogP contribution in [0.5, 0.6) is 5.75 Å². The minimum absolute atomic E-state index is 0.285. The molecule has 1 fully saturated rings. The van der Waals surface area contributed by atoms with E-state index in [2.05, 4.69) is 49.7 Å². The molecule has 4 nitrogen and oxygen atoms in total. The van der Waals surface area contributed by atoms with Crippen molar-refractivity contribution < 1.29 is 9.84 Å². The molecule has 1 heterocycles. The monoisotopic (exact) mass is 516 g/mol. The molecule has 0 bridgehead atoms. The van der Waals surface area contributed by atoms with E-state index in [1.807, 2.05) is 26.0 Å². The number of hydrogen-bond acceptors (Lipinski definition) is 4. The Bertz CT molecular complexity index is 970. The number of rotatable bonds is 5. The number of anilines is 1. The van der Waals surface area contributed by atoms with Gasteiger partial charge in [-0.1, -0.05) is 67.9 Å². The molecule has 4 rings (SSSR count). The summed E-state index contributed by atoms with van der Waals surface area (Å²) in [4.78, 5) is 2.42. The van der Waals surface area contributed by atoms with Crippen molar-refractivity contribution in [1.82, 2.24) is 4.90 Å². The van der Waals surface area contributed by atoms with Gasteiger partial charge in [0.25, 0.3) is 0 Å². The number of aromatic hydroxyl groups is 1. The van der Waals surface area contributed by atoms with Gasteiger partial charge in [-0.25, -0.2) is 0 Å². The lowest BCUT2D eigenvalue weighted by molar-refractivity contribution is 0.204. The van der Waals surface area contributed by atoms with Crippen LogP contribution in [0.4, 0.5) is 5.69 Å². The van der Waals surface area contributed by atoms with Gasteiger partial charge >= 0.3 is 0 Å². The molecule has 1 aliphatic carbocycles. The second-order valence-electron chi connectivity index (χ2n) is 7.78. The second-order valence-corrected chi connectivity index (χ2v) is 8.65. The van der Waals surface area contributed by atoms with E-state index in [-0.39, 0.29) is 5.75 Å². The molecule has 0 amide bonds. The Kier molecular flexibility index (Phi) is 14.0.